The van der Waals surface area contributed by atoms with Crippen LogP contribution in [0, 0.1) is 12.7 Å². The van der Waals surface area contributed by atoms with Crippen LogP contribution in [0.5, 0.6) is 0 Å². The number of ether oxygens (including phenoxy) is 1. The van der Waals surface area contributed by atoms with E-state index >= 15 is 0 Å². The maximum Gasteiger partial charge on any atom is 0.310 e. The third-order valence-electron chi connectivity index (χ3n) is 4.78. The van der Waals surface area contributed by atoms with Crippen LogP contribution in [0.4, 0.5) is 4.39 Å². The first-order chi connectivity index (χ1) is 13.1. The van der Waals surface area contributed by atoms with Gasteiger partial charge in [-0.25, -0.2) is 9.07 Å². The molecule has 0 bridgehead atoms. The van der Waals surface area contributed by atoms with E-state index in [1.54, 1.807) is 18.3 Å². The lowest BCUT2D eigenvalue weighted by molar-refractivity contribution is -0.144. The van der Waals surface area contributed by atoms with Gasteiger partial charge in [0.25, 0.3) is 0 Å². The van der Waals surface area contributed by atoms with Gasteiger partial charge in [0.15, 0.2) is 0 Å². The smallest absolute Gasteiger partial charge is 0.310 e. The number of aromatic nitrogens is 3. The highest BCUT2D eigenvalue weighted by molar-refractivity contribution is 5.72. The van der Waals surface area contributed by atoms with Crippen LogP contribution in [0.3, 0.4) is 0 Å². The molecule has 0 spiro atoms. The highest BCUT2D eigenvalue weighted by atomic mass is 19.1. The zero-order chi connectivity index (χ0) is 18.8. The molecule has 6 heteroatoms. The summed E-state index contributed by atoms with van der Waals surface area (Å²) in [6.45, 7) is 2.05. The van der Waals surface area contributed by atoms with Crippen molar-refractivity contribution >= 4 is 5.97 Å². The van der Waals surface area contributed by atoms with Crippen molar-refractivity contribution in [2.24, 2.45) is 0 Å². The van der Waals surface area contributed by atoms with Gasteiger partial charge in [-0.1, -0.05) is 6.07 Å². The molecule has 0 atom stereocenters. The van der Waals surface area contributed by atoms with Crippen molar-refractivity contribution in [2.45, 2.75) is 39.2 Å². The van der Waals surface area contributed by atoms with Crippen LogP contribution in [-0.2, 0) is 35.4 Å². The topological polar surface area (TPSA) is 57.0 Å². The van der Waals surface area contributed by atoms with Crippen LogP contribution in [0.1, 0.15) is 34.6 Å². The van der Waals surface area contributed by atoms with E-state index in [1.807, 2.05) is 23.7 Å². The van der Waals surface area contributed by atoms with Crippen LogP contribution < -0.4 is 0 Å². The van der Waals surface area contributed by atoms with Crippen molar-refractivity contribution in [1.29, 1.82) is 0 Å². The molecule has 4 rings (SSSR count). The number of carbonyl (C=O) groups is 1. The number of aryl methyl sites for hydroxylation is 1. The second-order valence-corrected chi connectivity index (χ2v) is 6.76. The molecule has 0 saturated carbocycles. The van der Waals surface area contributed by atoms with Gasteiger partial charge in [0.2, 0.25) is 0 Å². The minimum absolute atomic E-state index is 0.147. The third kappa shape index (κ3) is 3.74. The lowest BCUT2D eigenvalue weighted by atomic mass is 10.2. The van der Waals surface area contributed by atoms with Crippen molar-refractivity contribution in [2.75, 3.05) is 0 Å². The average Bonchev–Trinajstić information content (AvgIpc) is 3.26. The molecule has 138 valence electrons. The van der Waals surface area contributed by atoms with Gasteiger partial charge >= 0.3 is 5.97 Å². The van der Waals surface area contributed by atoms with Crippen LogP contribution in [0.2, 0.25) is 0 Å². The van der Waals surface area contributed by atoms with Crippen LogP contribution in [0.25, 0.3) is 5.69 Å². The summed E-state index contributed by atoms with van der Waals surface area (Å²) < 4.78 is 20.5. The summed E-state index contributed by atoms with van der Waals surface area (Å²) in [5.74, 6) is -0.578. The molecule has 1 aromatic carbocycles. The second-order valence-electron chi connectivity index (χ2n) is 6.76. The highest BCUT2D eigenvalue weighted by Gasteiger charge is 2.24. The molecule has 1 aliphatic carbocycles. The number of esters is 1. The van der Waals surface area contributed by atoms with Crippen molar-refractivity contribution < 1.29 is 13.9 Å². The summed E-state index contributed by atoms with van der Waals surface area (Å²) in [6.07, 6.45) is 4.77. The van der Waals surface area contributed by atoms with Gasteiger partial charge in [-0.2, -0.15) is 5.10 Å². The Morgan fingerprint density at radius 1 is 1.19 bits per heavy atom. The van der Waals surface area contributed by atoms with E-state index in [2.05, 4.69) is 10.1 Å². The fraction of sp³-hybridized carbons (Fsp3) is 0.286. The number of benzene rings is 1. The van der Waals surface area contributed by atoms with E-state index in [-0.39, 0.29) is 24.8 Å². The molecule has 0 radical (unpaired) electrons. The fourth-order valence-corrected chi connectivity index (χ4v) is 3.40. The Kier molecular flexibility index (Phi) is 4.71. The highest BCUT2D eigenvalue weighted by Crippen LogP contribution is 2.28. The summed E-state index contributed by atoms with van der Waals surface area (Å²) in [5, 5.41) is 4.63. The molecule has 27 heavy (non-hydrogen) atoms. The lowest BCUT2D eigenvalue weighted by Gasteiger charge is -2.06. The Bertz CT molecular complexity index is 962. The van der Waals surface area contributed by atoms with E-state index in [0.29, 0.717) is 0 Å². The minimum Gasteiger partial charge on any atom is -0.459 e. The third-order valence-corrected chi connectivity index (χ3v) is 4.78. The molecule has 0 amide bonds. The molecule has 0 fully saturated rings. The lowest BCUT2D eigenvalue weighted by Crippen LogP contribution is -2.09. The van der Waals surface area contributed by atoms with Crippen molar-refractivity contribution in [1.82, 2.24) is 14.8 Å². The predicted octanol–water partition coefficient (Wildman–Crippen LogP) is 3.49. The molecular weight excluding hydrogens is 345 g/mol. The van der Waals surface area contributed by atoms with E-state index < -0.39 is 0 Å². The monoisotopic (exact) mass is 365 g/mol. The number of hydrogen-bond donors (Lipinski definition) is 0. The van der Waals surface area contributed by atoms with Gasteiger partial charge in [0.1, 0.15) is 18.1 Å². The zero-order valence-corrected chi connectivity index (χ0v) is 15.1. The summed E-state index contributed by atoms with van der Waals surface area (Å²) >= 11 is 0. The van der Waals surface area contributed by atoms with Gasteiger partial charge in [0.05, 0.1) is 12.1 Å². The van der Waals surface area contributed by atoms with Crippen LogP contribution in [-0.4, -0.2) is 20.7 Å². The quantitative estimate of drug-likeness (QED) is 0.650. The van der Waals surface area contributed by atoms with Gasteiger partial charge in [0, 0.05) is 23.1 Å². The molecule has 2 heterocycles. The maximum atomic E-state index is 13.2. The molecule has 3 aromatic rings. The number of fused-ring (bicyclic) bond motifs is 1. The summed E-state index contributed by atoms with van der Waals surface area (Å²) in [4.78, 5) is 16.3. The average molecular weight is 365 g/mol. The van der Waals surface area contributed by atoms with Gasteiger partial charge in [-0.15, -0.1) is 0 Å². The summed E-state index contributed by atoms with van der Waals surface area (Å²) in [6, 6.07) is 10.0. The molecule has 1 aliphatic rings. The number of hydrogen-bond acceptors (Lipinski definition) is 4. The fourth-order valence-electron chi connectivity index (χ4n) is 3.40. The number of carbonyl (C=O) groups excluding carboxylic acids is 1. The Balaban J connectivity index is 1.48. The molecule has 0 unspecified atom stereocenters. The second kappa shape index (κ2) is 7.31. The standard InChI is InChI=1S/C21H20FN3O2/c1-14-5-6-15(12-23-14)11-21(26)27-13-19-18-3-2-4-20(18)25(24-19)17-9-7-16(22)8-10-17/h5-10,12H,2-4,11,13H2,1H3. The normalized spacial score (nSPS) is 12.8. The summed E-state index contributed by atoms with van der Waals surface area (Å²) in [7, 11) is 0. The van der Waals surface area contributed by atoms with Crippen LogP contribution >= 0.6 is 0 Å². The molecular formula is C21H20FN3O2. The van der Waals surface area contributed by atoms with Crippen LogP contribution in [0.15, 0.2) is 42.6 Å². The number of pyridine rings is 1. The number of rotatable bonds is 5. The van der Waals surface area contributed by atoms with Crippen molar-refractivity contribution in [3.05, 3.63) is 76.6 Å². The summed E-state index contributed by atoms with van der Waals surface area (Å²) in [5.41, 5.74) is 5.60. The van der Waals surface area contributed by atoms with Gasteiger partial charge in [-0.05, 0) is 62.1 Å². The van der Waals surface area contributed by atoms with Crippen molar-refractivity contribution in [3.63, 3.8) is 0 Å². The first kappa shape index (κ1) is 17.4. The Morgan fingerprint density at radius 2 is 2.00 bits per heavy atom. The molecule has 0 N–H and O–H groups in total. The Hall–Kier alpha value is -3.02. The van der Waals surface area contributed by atoms with E-state index in [1.165, 1.54) is 12.1 Å². The Labute approximate surface area is 156 Å². The molecule has 0 saturated heterocycles. The first-order valence-electron chi connectivity index (χ1n) is 9.03. The predicted molar refractivity (Wildman–Crippen MR) is 98.0 cm³/mol. The SMILES string of the molecule is Cc1ccc(CC(=O)OCc2nn(-c3ccc(F)cc3)c3c2CCC3)cn1. The minimum atomic E-state index is -0.302. The number of halogens is 1. The molecule has 2 aromatic heterocycles. The largest absolute Gasteiger partial charge is 0.459 e. The van der Waals surface area contributed by atoms with E-state index in [9.17, 15) is 9.18 Å². The Morgan fingerprint density at radius 3 is 2.74 bits per heavy atom. The number of nitrogens with zero attached hydrogens (tertiary/aromatic N) is 3. The molecule has 0 aliphatic heterocycles. The van der Waals surface area contributed by atoms with Crippen molar-refractivity contribution in [3.8, 4) is 5.69 Å². The zero-order valence-electron chi connectivity index (χ0n) is 15.1. The van der Waals surface area contributed by atoms with Gasteiger partial charge < -0.3 is 4.74 Å². The van der Waals surface area contributed by atoms with E-state index in [0.717, 1.165) is 53.2 Å². The van der Waals surface area contributed by atoms with Gasteiger partial charge in [-0.3, -0.25) is 9.78 Å². The van der Waals surface area contributed by atoms with E-state index in [4.69, 9.17) is 4.74 Å². The molecule has 5 nitrogen and oxygen atoms in total. The maximum absolute atomic E-state index is 13.2. The first-order valence-corrected chi connectivity index (χ1v) is 9.03.